The molecule has 0 saturated carbocycles. The molecule has 0 radical (unpaired) electrons. The van der Waals surface area contributed by atoms with E-state index in [2.05, 4.69) is 10.3 Å². The van der Waals surface area contributed by atoms with E-state index in [0.717, 1.165) is 16.7 Å². The number of rotatable bonds is 0. The van der Waals surface area contributed by atoms with Crippen molar-refractivity contribution in [2.24, 2.45) is 4.99 Å². The van der Waals surface area contributed by atoms with Crippen LogP contribution in [-0.4, -0.2) is 18.0 Å². The molecule has 0 saturated heterocycles. The van der Waals surface area contributed by atoms with Gasteiger partial charge in [0.25, 0.3) is 11.8 Å². The van der Waals surface area contributed by atoms with Gasteiger partial charge in [-0.05, 0) is 17.7 Å². The summed E-state index contributed by atoms with van der Waals surface area (Å²) in [6, 6.07) is 15.0. The number of amides is 2. The normalized spacial score (nSPS) is 14.2. The molecule has 2 aromatic carbocycles. The zero-order chi connectivity index (χ0) is 13.9. The van der Waals surface area contributed by atoms with Gasteiger partial charge in [0.05, 0.1) is 5.56 Å². The van der Waals surface area contributed by atoms with E-state index < -0.39 is 0 Å². The first kappa shape index (κ1) is 12.3. The molecular formula is C16H12N2O2. The molecule has 0 bridgehead atoms. The van der Waals surface area contributed by atoms with Crippen LogP contribution in [0, 0.1) is 0 Å². The Morgan fingerprint density at radius 3 is 2.35 bits per heavy atom. The summed E-state index contributed by atoms with van der Waals surface area (Å²) < 4.78 is 0. The molecule has 0 fully saturated rings. The lowest BCUT2D eigenvalue weighted by Crippen LogP contribution is -2.12. The molecule has 2 amide bonds. The molecule has 2 aromatic rings. The summed E-state index contributed by atoms with van der Waals surface area (Å²) in [4.78, 5) is 25.5. The third kappa shape index (κ3) is 2.23. The van der Waals surface area contributed by atoms with E-state index in [1.807, 2.05) is 42.5 Å². The number of benzene rings is 2. The maximum Gasteiger partial charge on any atom is 0.277 e. The minimum absolute atomic E-state index is 0.0515. The van der Waals surface area contributed by atoms with Gasteiger partial charge in [-0.2, -0.15) is 0 Å². The molecule has 4 heteroatoms. The van der Waals surface area contributed by atoms with E-state index in [4.69, 9.17) is 0 Å². The van der Waals surface area contributed by atoms with Crippen molar-refractivity contribution in [3.63, 3.8) is 0 Å². The van der Waals surface area contributed by atoms with Gasteiger partial charge < -0.3 is 5.32 Å². The van der Waals surface area contributed by atoms with Crippen LogP contribution < -0.4 is 5.32 Å². The molecule has 4 rings (SSSR count). The number of carbonyl (C=O) groups excluding carboxylic acids is 2. The fourth-order valence-electron chi connectivity index (χ4n) is 2.17. The van der Waals surface area contributed by atoms with Gasteiger partial charge in [-0.25, -0.2) is 4.99 Å². The van der Waals surface area contributed by atoms with Crippen molar-refractivity contribution in [3.8, 4) is 0 Å². The van der Waals surface area contributed by atoms with Crippen LogP contribution in [0.4, 0.5) is 0 Å². The Hall–Kier alpha value is -2.75. The highest BCUT2D eigenvalue weighted by Crippen LogP contribution is 2.13. The highest BCUT2D eigenvalue weighted by atomic mass is 16.2. The van der Waals surface area contributed by atoms with Crippen LogP contribution in [0.15, 0.2) is 53.5 Å². The Labute approximate surface area is 116 Å². The van der Waals surface area contributed by atoms with E-state index in [9.17, 15) is 9.59 Å². The summed E-state index contributed by atoms with van der Waals surface area (Å²) in [5.41, 5.74) is 3.56. The van der Waals surface area contributed by atoms with Crippen molar-refractivity contribution in [1.82, 2.24) is 5.32 Å². The lowest BCUT2D eigenvalue weighted by Gasteiger charge is -1.89. The SMILES string of the molecule is O=C1N=Cc2ccccc21.O=C1NCc2ccccc21. The first-order chi connectivity index (χ1) is 9.75. The smallest absolute Gasteiger partial charge is 0.277 e. The molecule has 20 heavy (non-hydrogen) atoms. The molecule has 2 heterocycles. The van der Waals surface area contributed by atoms with E-state index in [1.165, 1.54) is 0 Å². The largest absolute Gasteiger partial charge is 0.348 e. The lowest BCUT2D eigenvalue weighted by molar-refractivity contribution is 0.0964. The minimum Gasteiger partial charge on any atom is -0.348 e. The Balaban J connectivity index is 0.000000121. The van der Waals surface area contributed by atoms with Crippen molar-refractivity contribution in [1.29, 1.82) is 0 Å². The van der Waals surface area contributed by atoms with Gasteiger partial charge in [-0.1, -0.05) is 36.4 Å². The van der Waals surface area contributed by atoms with Gasteiger partial charge in [0, 0.05) is 23.9 Å². The van der Waals surface area contributed by atoms with Gasteiger partial charge in [0.15, 0.2) is 0 Å². The van der Waals surface area contributed by atoms with Crippen molar-refractivity contribution in [2.75, 3.05) is 0 Å². The van der Waals surface area contributed by atoms with Gasteiger partial charge in [-0.3, -0.25) is 9.59 Å². The fraction of sp³-hybridized carbons (Fsp3) is 0.0625. The monoisotopic (exact) mass is 264 g/mol. The standard InChI is InChI=1S/C8H7NO.C8H5NO/c2*10-8-7-4-2-1-3-6(7)5-9-8/h1-4H,5H2,(H,9,10);1-5H. The Morgan fingerprint density at radius 2 is 1.60 bits per heavy atom. The molecule has 0 spiro atoms. The summed E-state index contributed by atoms with van der Waals surface area (Å²) in [5.74, 6) is -0.0776. The minimum atomic E-state index is -0.129. The molecule has 98 valence electrons. The van der Waals surface area contributed by atoms with E-state index in [0.29, 0.717) is 12.1 Å². The first-order valence-electron chi connectivity index (χ1n) is 6.29. The lowest BCUT2D eigenvalue weighted by atomic mass is 10.1. The fourth-order valence-corrected chi connectivity index (χ4v) is 2.17. The molecule has 0 aromatic heterocycles. The Morgan fingerprint density at radius 1 is 0.900 bits per heavy atom. The van der Waals surface area contributed by atoms with Gasteiger partial charge >= 0.3 is 0 Å². The second-order valence-corrected chi connectivity index (χ2v) is 4.49. The van der Waals surface area contributed by atoms with Crippen LogP contribution in [-0.2, 0) is 6.54 Å². The molecule has 1 N–H and O–H groups in total. The van der Waals surface area contributed by atoms with Crippen LogP contribution in [0.5, 0.6) is 0 Å². The molecule has 2 aliphatic heterocycles. The van der Waals surface area contributed by atoms with Crippen molar-refractivity contribution >= 4 is 18.0 Å². The van der Waals surface area contributed by atoms with Crippen LogP contribution in [0.3, 0.4) is 0 Å². The Bertz CT molecular complexity index is 714. The first-order valence-corrected chi connectivity index (χ1v) is 6.29. The molecule has 0 aliphatic carbocycles. The highest BCUT2D eigenvalue weighted by molar-refractivity contribution is 6.12. The number of hydrogen-bond acceptors (Lipinski definition) is 2. The summed E-state index contributed by atoms with van der Waals surface area (Å²) >= 11 is 0. The van der Waals surface area contributed by atoms with Crippen molar-refractivity contribution in [2.45, 2.75) is 6.54 Å². The van der Waals surface area contributed by atoms with E-state index >= 15 is 0 Å². The summed E-state index contributed by atoms with van der Waals surface area (Å²) in [7, 11) is 0. The number of fused-ring (bicyclic) bond motifs is 2. The predicted octanol–water partition coefficient (Wildman–Crippen LogP) is 2.19. The average molecular weight is 264 g/mol. The average Bonchev–Trinajstić information content (AvgIpc) is 3.05. The van der Waals surface area contributed by atoms with Crippen LogP contribution >= 0.6 is 0 Å². The number of hydrogen-bond donors (Lipinski definition) is 1. The van der Waals surface area contributed by atoms with Gasteiger partial charge in [-0.15, -0.1) is 0 Å². The maximum absolute atomic E-state index is 11.0. The van der Waals surface area contributed by atoms with E-state index in [-0.39, 0.29) is 11.8 Å². The second kappa shape index (κ2) is 5.09. The Kier molecular flexibility index (Phi) is 3.13. The quantitative estimate of drug-likeness (QED) is 0.793. The number of aliphatic imine (C=N–C) groups is 1. The molecular weight excluding hydrogens is 252 g/mol. The van der Waals surface area contributed by atoms with Crippen LogP contribution in [0.25, 0.3) is 0 Å². The van der Waals surface area contributed by atoms with Crippen LogP contribution in [0.2, 0.25) is 0 Å². The van der Waals surface area contributed by atoms with E-state index in [1.54, 1.807) is 12.3 Å². The third-order valence-corrected chi connectivity index (χ3v) is 3.21. The third-order valence-electron chi connectivity index (χ3n) is 3.21. The number of nitrogens with zero attached hydrogens (tertiary/aromatic N) is 1. The molecule has 0 atom stereocenters. The number of nitrogens with one attached hydrogen (secondary N) is 1. The zero-order valence-electron chi connectivity index (χ0n) is 10.7. The predicted molar refractivity (Wildman–Crippen MR) is 76.0 cm³/mol. The van der Waals surface area contributed by atoms with Crippen molar-refractivity contribution in [3.05, 3.63) is 70.8 Å². The van der Waals surface area contributed by atoms with Crippen LogP contribution in [0.1, 0.15) is 31.8 Å². The molecule has 4 nitrogen and oxygen atoms in total. The second-order valence-electron chi connectivity index (χ2n) is 4.49. The van der Waals surface area contributed by atoms with Gasteiger partial charge in [0.1, 0.15) is 0 Å². The topological polar surface area (TPSA) is 58.5 Å². The maximum atomic E-state index is 11.0. The molecule has 0 unspecified atom stereocenters. The highest BCUT2D eigenvalue weighted by Gasteiger charge is 2.16. The summed E-state index contributed by atoms with van der Waals surface area (Å²) in [5, 5.41) is 2.75. The van der Waals surface area contributed by atoms with Gasteiger partial charge in [0.2, 0.25) is 0 Å². The zero-order valence-corrected chi connectivity index (χ0v) is 10.7. The summed E-state index contributed by atoms with van der Waals surface area (Å²) in [6.45, 7) is 0.689. The van der Waals surface area contributed by atoms with Crippen molar-refractivity contribution < 1.29 is 9.59 Å². The molecule has 2 aliphatic rings. The summed E-state index contributed by atoms with van der Waals surface area (Å²) in [6.07, 6.45) is 1.59. The number of carbonyl (C=O) groups is 2.